The summed E-state index contributed by atoms with van der Waals surface area (Å²) >= 11 is 5.87. The first-order valence-electron chi connectivity index (χ1n) is 5.60. The van der Waals surface area contributed by atoms with Gasteiger partial charge in [-0.25, -0.2) is 4.99 Å². The third kappa shape index (κ3) is 2.15. The van der Waals surface area contributed by atoms with Crippen LogP contribution in [0.15, 0.2) is 59.7 Å². The Balaban J connectivity index is 1.99. The van der Waals surface area contributed by atoms with Crippen LogP contribution in [-0.2, 0) is 0 Å². The highest BCUT2D eigenvalue weighted by atomic mass is 35.5. The Morgan fingerprint density at radius 2 is 1.72 bits per heavy atom. The van der Waals surface area contributed by atoms with Crippen molar-refractivity contribution in [2.24, 2.45) is 4.99 Å². The summed E-state index contributed by atoms with van der Waals surface area (Å²) in [7, 11) is 0. The van der Waals surface area contributed by atoms with Gasteiger partial charge in [0.25, 0.3) is 0 Å². The van der Waals surface area contributed by atoms with E-state index in [1.807, 2.05) is 54.6 Å². The second-order valence-electron chi connectivity index (χ2n) is 3.90. The van der Waals surface area contributed by atoms with E-state index >= 15 is 0 Å². The van der Waals surface area contributed by atoms with Crippen molar-refractivity contribution in [3.8, 4) is 5.75 Å². The molecule has 0 atom stereocenters. The van der Waals surface area contributed by atoms with Crippen molar-refractivity contribution < 1.29 is 4.74 Å². The molecule has 0 fully saturated rings. The zero-order valence-corrected chi connectivity index (χ0v) is 10.3. The molecule has 0 N–H and O–H groups in total. The predicted molar refractivity (Wildman–Crippen MR) is 74.1 cm³/mol. The van der Waals surface area contributed by atoms with Gasteiger partial charge in [0, 0.05) is 22.3 Å². The van der Waals surface area contributed by atoms with Crippen LogP contribution in [0.2, 0.25) is 5.02 Å². The van der Waals surface area contributed by atoms with E-state index in [-0.39, 0.29) is 0 Å². The summed E-state index contributed by atoms with van der Waals surface area (Å²) in [4.78, 5) is 4.31. The molecule has 0 spiro atoms. The lowest BCUT2D eigenvalue weighted by atomic mass is 10.2. The van der Waals surface area contributed by atoms with Crippen molar-refractivity contribution in [2.75, 3.05) is 0 Å². The van der Waals surface area contributed by atoms with E-state index in [0.717, 1.165) is 16.9 Å². The van der Waals surface area contributed by atoms with E-state index in [0.29, 0.717) is 10.9 Å². The van der Waals surface area contributed by atoms with Gasteiger partial charge in [-0.1, -0.05) is 29.8 Å². The van der Waals surface area contributed by atoms with Crippen LogP contribution in [0.3, 0.4) is 0 Å². The van der Waals surface area contributed by atoms with Gasteiger partial charge in [0.15, 0.2) is 0 Å². The van der Waals surface area contributed by atoms with Crippen LogP contribution < -0.4 is 4.74 Å². The van der Waals surface area contributed by atoms with Crippen LogP contribution in [0.1, 0.15) is 11.1 Å². The van der Waals surface area contributed by atoms with E-state index in [9.17, 15) is 0 Å². The fraction of sp³-hybridized carbons (Fsp3) is 0. The summed E-state index contributed by atoms with van der Waals surface area (Å²) in [6, 6.07) is 15.3. The SMILES string of the molecule is Clc1ccc(C2=NC=Cc3ccccc3O2)cc1. The minimum atomic E-state index is 0.577. The minimum Gasteiger partial charge on any atom is -0.438 e. The van der Waals surface area contributed by atoms with Crippen molar-refractivity contribution >= 4 is 23.6 Å². The van der Waals surface area contributed by atoms with Crippen LogP contribution in [0.4, 0.5) is 0 Å². The largest absolute Gasteiger partial charge is 0.438 e. The number of ether oxygens (including phenoxy) is 1. The van der Waals surface area contributed by atoms with Gasteiger partial charge in [-0.05, 0) is 36.4 Å². The smallest absolute Gasteiger partial charge is 0.226 e. The zero-order chi connectivity index (χ0) is 12.4. The molecule has 2 nitrogen and oxygen atoms in total. The van der Waals surface area contributed by atoms with Crippen LogP contribution >= 0.6 is 11.6 Å². The van der Waals surface area contributed by atoms with Crippen LogP contribution in [0.25, 0.3) is 6.08 Å². The Bertz CT molecular complexity index is 629. The first-order chi connectivity index (χ1) is 8.83. The lowest BCUT2D eigenvalue weighted by molar-refractivity contribution is 0.553. The van der Waals surface area contributed by atoms with Crippen molar-refractivity contribution in [3.63, 3.8) is 0 Å². The standard InChI is InChI=1S/C15H10ClNO/c16-13-7-5-12(6-8-13)15-17-10-9-11-3-1-2-4-14(11)18-15/h1-10H. The molecular formula is C15H10ClNO. The number of rotatable bonds is 1. The molecule has 2 aromatic carbocycles. The molecule has 0 bridgehead atoms. The number of aliphatic imine (C=N–C) groups is 1. The number of hydrogen-bond donors (Lipinski definition) is 0. The lowest BCUT2D eigenvalue weighted by Gasteiger charge is -2.08. The fourth-order valence-electron chi connectivity index (χ4n) is 1.75. The Morgan fingerprint density at radius 1 is 0.944 bits per heavy atom. The lowest BCUT2D eigenvalue weighted by Crippen LogP contribution is -2.09. The minimum absolute atomic E-state index is 0.577. The summed E-state index contributed by atoms with van der Waals surface area (Å²) in [5.74, 6) is 1.38. The molecule has 0 saturated carbocycles. The highest BCUT2D eigenvalue weighted by Crippen LogP contribution is 2.23. The number of para-hydroxylation sites is 1. The van der Waals surface area contributed by atoms with E-state index < -0.39 is 0 Å². The Kier molecular flexibility index (Phi) is 2.87. The molecule has 1 aliphatic heterocycles. The number of benzene rings is 2. The third-order valence-corrected chi connectivity index (χ3v) is 2.91. The Morgan fingerprint density at radius 3 is 2.56 bits per heavy atom. The van der Waals surface area contributed by atoms with Gasteiger partial charge in [-0.3, -0.25) is 0 Å². The predicted octanol–water partition coefficient (Wildman–Crippen LogP) is 4.15. The molecular weight excluding hydrogens is 246 g/mol. The van der Waals surface area contributed by atoms with Gasteiger partial charge in [0.2, 0.25) is 5.90 Å². The van der Waals surface area contributed by atoms with Gasteiger partial charge in [0.1, 0.15) is 5.75 Å². The highest BCUT2D eigenvalue weighted by Gasteiger charge is 2.10. The summed E-state index contributed by atoms with van der Waals surface area (Å²) in [6.45, 7) is 0. The zero-order valence-electron chi connectivity index (χ0n) is 9.51. The molecule has 0 amide bonds. The first-order valence-corrected chi connectivity index (χ1v) is 5.98. The first kappa shape index (κ1) is 11.1. The number of fused-ring (bicyclic) bond motifs is 1. The second-order valence-corrected chi connectivity index (χ2v) is 4.33. The second kappa shape index (κ2) is 4.67. The van der Waals surface area contributed by atoms with Crippen LogP contribution in [-0.4, -0.2) is 5.90 Å². The summed E-state index contributed by atoms with van der Waals surface area (Å²) in [5.41, 5.74) is 1.92. The summed E-state index contributed by atoms with van der Waals surface area (Å²) in [6.07, 6.45) is 3.67. The quantitative estimate of drug-likeness (QED) is 0.750. The molecule has 3 heteroatoms. The Labute approximate surface area is 110 Å². The molecule has 3 rings (SSSR count). The summed E-state index contributed by atoms with van der Waals surface area (Å²) in [5, 5.41) is 0.698. The molecule has 0 saturated heterocycles. The van der Waals surface area contributed by atoms with Crippen LogP contribution in [0, 0.1) is 0 Å². The molecule has 0 unspecified atom stereocenters. The molecule has 18 heavy (non-hydrogen) atoms. The van der Waals surface area contributed by atoms with E-state index in [1.54, 1.807) is 6.20 Å². The van der Waals surface area contributed by atoms with Crippen molar-refractivity contribution in [3.05, 3.63) is 70.9 Å². The van der Waals surface area contributed by atoms with Gasteiger partial charge in [-0.15, -0.1) is 0 Å². The monoisotopic (exact) mass is 255 g/mol. The van der Waals surface area contributed by atoms with Crippen molar-refractivity contribution in [1.29, 1.82) is 0 Å². The van der Waals surface area contributed by atoms with E-state index in [4.69, 9.17) is 16.3 Å². The third-order valence-electron chi connectivity index (χ3n) is 2.66. The normalized spacial score (nSPS) is 13.3. The maximum absolute atomic E-state index is 5.87. The molecule has 2 aromatic rings. The number of hydrogen-bond acceptors (Lipinski definition) is 2. The number of halogens is 1. The van der Waals surface area contributed by atoms with Crippen molar-refractivity contribution in [2.45, 2.75) is 0 Å². The van der Waals surface area contributed by atoms with Gasteiger partial charge >= 0.3 is 0 Å². The van der Waals surface area contributed by atoms with Crippen LogP contribution in [0.5, 0.6) is 5.75 Å². The maximum atomic E-state index is 5.87. The average Bonchev–Trinajstić information content (AvgIpc) is 2.61. The average molecular weight is 256 g/mol. The summed E-state index contributed by atoms with van der Waals surface area (Å²) < 4.78 is 5.83. The molecule has 0 aromatic heterocycles. The Hall–Kier alpha value is -2.06. The van der Waals surface area contributed by atoms with Gasteiger partial charge in [-0.2, -0.15) is 0 Å². The fourth-order valence-corrected chi connectivity index (χ4v) is 1.88. The van der Waals surface area contributed by atoms with Crippen molar-refractivity contribution in [1.82, 2.24) is 0 Å². The maximum Gasteiger partial charge on any atom is 0.226 e. The molecule has 1 heterocycles. The van der Waals surface area contributed by atoms with Gasteiger partial charge < -0.3 is 4.74 Å². The topological polar surface area (TPSA) is 21.6 Å². The number of nitrogens with zero attached hydrogens (tertiary/aromatic N) is 1. The highest BCUT2D eigenvalue weighted by molar-refractivity contribution is 6.30. The molecule has 1 aliphatic rings. The molecule has 0 aliphatic carbocycles. The van der Waals surface area contributed by atoms with E-state index in [1.165, 1.54) is 0 Å². The van der Waals surface area contributed by atoms with E-state index in [2.05, 4.69) is 4.99 Å². The van der Waals surface area contributed by atoms with Gasteiger partial charge in [0.05, 0.1) is 0 Å². The molecule has 88 valence electrons. The molecule has 0 radical (unpaired) electrons.